The summed E-state index contributed by atoms with van der Waals surface area (Å²) in [6.07, 6.45) is -7.28. The highest BCUT2D eigenvalue weighted by Gasteiger charge is 2.33. The summed E-state index contributed by atoms with van der Waals surface area (Å²) in [5.74, 6) is -3.80. The predicted octanol–water partition coefficient (Wildman–Crippen LogP) is 12.0. The van der Waals surface area contributed by atoms with Crippen LogP contribution < -0.4 is 15.4 Å². The number of benzene rings is 6. The molecule has 17 heteroatoms. The van der Waals surface area contributed by atoms with Gasteiger partial charge in [0.05, 0.1) is 59.9 Å². The summed E-state index contributed by atoms with van der Waals surface area (Å²) >= 11 is 0. The van der Waals surface area contributed by atoms with Gasteiger partial charge in [-0.05, 0) is 145 Å². The molecule has 6 aromatic carbocycles. The minimum absolute atomic E-state index is 0.0812. The maximum Gasteiger partial charge on any atom is 0.313 e. The van der Waals surface area contributed by atoms with E-state index in [4.69, 9.17) is 4.74 Å². The number of anilines is 2. The highest BCUT2D eigenvalue weighted by atomic mass is 19.1. The number of esters is 1. The molecule has 0 aliphatic rings. The van der Waals surface area contributed by atoms with E-state index in [-0.39, 0.29) is 67.8 Å². The number of carbonyl (C=O) groups is 3. The van der Waals surface area contributed by atoms with Crippen LogP contribution in [0.2, 0.25) is 0 Å². The van der Waals surface area contributed by atoms with Crippen molar-refractivity contribution in [1.29, 1.82) is 0 Å². The van der Waals surface area contributed by atoms with Gasteiger partial charge in [0.15, 0.2) is 6.23 Å². The Morgan fingerprint density at radius 1 is 0.542 bits per heavy atom. The zero-order valence-corrected chi connectivity index (χ0v) is 46.6. The second-order valence-corrected chi connectivity index (χ2v) is 21.3. The van der Waals surface area contributed by atoms with E-state index in [0.717, 1.165) is 5.56 Å². The molecule has 9 N–H and O–H groups in total. The van der Waals surface area contributed by atoms with Gasteiger partial charge in [0.2, 0.25) is 0 Å². The lowest BCUT2D eigenvalue weighted by Gasteiger charge is -2.22. The van der Waals surface area contributed by atoms with Crippen molar-refractivity contribution in [3.63, 3.8) is 0 Å². The number of aliphatic hydroxyl groups excluding tert-OH is 5. The molecule has 15 nitrogen and oxygen atoms in total. The van der Waals surface area contributed by atoms with Crippen molar-refractivity contribution in [1.82, 2.24) is 9.13 Å². The second-order valence-electron chi connectivity index (χ2n) is 21.3. The number of amides is 1. The van der Waals surface area contributed by atoms with Crippen LogP contribution in [0.1, 0.15) is 112 Å². The first-order valence-electron chi connectivity index (χ1n) is 27.7. The molecule has 0 fully saturated rings. The number of ether oxygens (including phenoxy) is 1. The van der Waals surface area contributed by atoms with Crippen LogP contribution >= 0.6 is 0 Å². The molecule has 1 amide bonds. The molecule has 434 valence electrons. The number of nitrogens with zero attached hydrogens (tertiary/aromatic N) is 2. The Labute approximate surface area is 480 Å². The summed E-state index contributed by atoms with van der Waals surface area (Å²) < 4.78 is 38.4. The largest absolute Gasteiger partial charge is 0.506 e. The molecule has 0 spiro atoms. The molecule has 0 bridgehead atoms. The number of aliphatic hydroxyl groups is 5. The highest BCUT2D eigenvalue weighted by Crippen LogP contribution is 2.46. The number of aromatic hydroxyl groups is 1. The Morgan fingerprint density at radius 2 is 1.01 bits per heavy atom. The molecule has 8 rings (SSSR count). The third-order valence-corrected chi connectivity index (χ3v) is 14.4. The van der Waals surface area contributed by atoms with E-state index < -0.39 is 73.0 Å². The number of carbonyl (C=O) groups excluding carboxylic acids is 2. The lowest BCUT2D eigenvalue weighted by molar-refractivity contribution is -0.140. The van der Waals surface area contributed by atoms with Crippen LogP contribution in [-0.2, 0) is 22.7 Å². The lowest BCUT2D eigenvalue weighted by Crippen LogP contribution is -2.24. The molecule has 2 heterocycles. The predicted molar refractivity (Wildman–Crippen MR) is 315 cm³/mol. The van der Waals surface area contributed by atoms with Gasteiger partial charge in [0, 0.05) is 46.9 Å². The third kappa shape index (κ3) is 15.0. The number of hydrogen-bond acceptors (Lipinski definition) is 11. The zero-order chi connectivity index (χ0) is 59.5. The number of rotatable bonds is 26. The molecular weight excluding hydrogens is 1060 g/mol. The number of aliphatic carboxylic acids is 1. The number of halogens is 2. The van der Waals surface area contributed by atoms with Gasteiger partial charge < -0.3 is 60.3 Å². The highest BCUT2D eigenvalue weighted by molar-refractivity contribution is 6.13. The molecule has 8 aromatic rings. The average molecular weight is 1130 g/mol. The van der Waals surface area contributed by atoms with Gasteiger partial charge in [-0.3, -0.25) is 14.4 Å². The number of nitrogens with one attached hydrogen (secondary N) is 2. The van der Waals surface area contributed by atoms with Gasteiger partial charge >= 0.3 is 11.9 Å². The average Bonchev–Trinajstić information content (AvgIpc) is 2.03. The normalized spacial score (nSPS) is 13.4. The van der Waals surface area contributed by atoms with Crippen molar-refractivity contribution in [2.75, 3.05) is 10.6 Å². The summed E-state index contributed by atoms with van der Waals surface area (Å²) in [5.41, 5.74) is 7.96. The molecule has 0 aliphatic carbocycles. The van der Waals surface area contributed by atoms with Crippen molar-refractivity contribution in [3.8, 4) is 56.3 Å². The van der Waals surface area contributed by atoms with Crippen molar-refractivity contribution < 1.29 is 63.6 Å². The van der Waals surface area contributed by atoms with E-state index in [9.17, 15) is 58.9 Å². The fraction of sp³-hybridized carbons (Fsp3) is 0.288. The van der Waals surface area contributed by atoms with Gasteiger partial charge in [0.25, 0.3) is 5.91 Å². The van der Waals surface area contributed by atoms with Crippen LogP contribution in [0, 0.1) is 11.6 Å². The summed E-state index contributed by atoms with van der Waals surface area (Å²) in [7, 11) is 0. The summed E-state index contributed by atoms with van der Waals surface area (Å²) in [5, 5.41) is 82.2. The molecular formula is C66H70F2N4O11. The molecule has 2 aromatic heterocycles. The molecule has 5 unspecified atom stereocenters. The third-order valence-electron chi connectivity index (χ3n) is 14.4. The van der Waals surface area contributed by atoms with Gasteiger partial charge in [-0.15, -0.1) is 0 Å². The van der Waals surface area contributed by atoms with Crippen LogP contribution in [0.25, 0.3) is 44.8 Å². The number of hydrogen-bond donors (Lipinski definition) is 9. The molecule has 0 saturated heterocycles. The van der Waals surface area contributed by atoms with Crippen LogP contribution in [0.15, 0.2) is 158 Å². The van der Waals surface area contributed by atoms with E-state index in [2.05, 4.69) is 10.6 Å². The quantitative estimate of drug-likeness (QED) is 0.0107. The van der Waals surface area contributed by atoms with E-state index in [1.807, 2.05) is 97.5 Å². The zero-order valence-electron chi connectivity index (χ0n) is 46.6. The van der Waals surface area contributed by atoms with E-state index in [1.165, 1.54) is 42.5 Å². The maximum atomic E-state index is 14.5. The first kappa shape index (κ1) is 60.6. The summed E-state index contributed by atoms with van der Waals surface area (Å²) in [6.45, 7) is 8.13. The van der Waals surface area contributed by atoms with E-state index >= 15 is 0 Å². The fourth-order valence-corrected chi connectivity index (χ4v) is 10.9. The molecule has 5 atom stereocenters. The van der Waals surface area contributed by atoms with Gasteiger partial charge in [-0.1, -0.05) is 100 Å². The molecule has 0 aliphatic heterocycles. The standard InChI is InChI=1S/C66H70F2N4O11/c1-39(2)61-59(57(41-13-7-5-8-14-41)63(43-19-23-45(67)24-20-43)71(61)33-31-48(73)35-50(75)37-55(78)79)65(81)69-47-27-29-52(30-28-47)83-56(80)38-51(76)36-49(74)32-34-72-62(40(3)4)60(66(82)70-53-17-11-12-18-54(53)77)58(42-15-9-6-10-16-42)64(72)44-21-25-46(68)26-22-44/h5-30,39-40,48-51,65,69,73-77,81H,31-38H2,1-4H3,(H,70,82)(H,78,79). The Kier molecular flexibility index (Phi) is 20.1. The van der Waals surface area contributed by atoms with Crippen molar-refractivity contribution in [2.45, 2.75) is 122 Å². The van der Waals surface area contributed by atoms with E-state index in [0.29, 0.717) is 67.4 Å². The van der Waals surface area contributed by atoms with Gasteiger partial charge in [-0.2, -0.15) is 0 Å². The van der Waals surface area contributed by atoms with E-state index in [1.54, 1.807) is 54.6 Å². The second kappa shape index (κ2) is 27.5. The van der Waals surface area contributed by atoms with Crippen LogP contribution in [0.4, 0.5) is 20.2 Å². The number of phenols is 1. The molecule has 0 saturated carbocycles. The Morgan fingerprint density at radius 3 is 1.52 bits per heavy atom. The lowest BCUT2D eigenvalue weighted by atomic mass is 9.94. The van der Waals surface area contributed by atoms with Crippen LogP contribution in [0.5, 0.6) is 11.5 Å². The SMILES string of the molecule is CC(C)c1c(C(=O)Nc2ccccc2O)c(-c2ccccc2)c(-c2ccc(F)cc2)n1CCC(O)CC(O)CC(=O)Oc1ccc(NC(O)c2c(-c3ccccc3)c(-c3ccc(F)cc3)n(CCC(O)CC(O)CC(=O)O)c2C(C)C)cc1. The van der Waals surface area contributed by atoms with Crippen LogP contribution in [-0.4, -0.2) is 87.1 Å². The first-order valence-corrected chi connectivity index (χ1v) is 27.7. The Bertz CT molecular complexity index is 3480. The monoisotopic (exact) mass is 1130 g/mol. The first-order chi connectivity index (χ1) is 39.8. The number of carboxylic acids is 1. The Balaban J connectivity index is 0.985. The number of phenolic OH excluding ortho intramolecular Hbond substituents is 1. The van der Waals surface area contributed by atoms with Crippen molar-refractivity contribution in [3.05, 3.63) is 192 Å². The Hall–Kier alpha value is -8.45. The fourth-order valence-electron chi connectivity index (χ4n) is 10.9. The minimum atomic E-state index is -1.35. The summed E-state index contributed by atoms with van der Waals surface area (Å²) in [4.78, 5) is 39.1. The molecule has 83 heavy (non-hydrogen) atoms. The minimum Gasteiger partial charge on any atom is -0.506 e. The number of aromatic nitrogens is 2. The topological polar surface area (TPSA) is 236 Å². The van der Waals surface area contributed by atoms with Crippen molar-refractivity contribution >= 4 is 29.2 Å². The number of carboxylic acid groups (broad SMARTS) is 1. The summed E-state index contributed by atoms with van der Waals surface area (Å²) in [6, 6.07) is 43.2. The van der Waals surface area contributed by atoms with Crippen LogP contribution in [0.3, 0.4) is 0 Å². The smallest absolute Gasteiger partial charge is 0.313 e. The maximum absolute atomic E-state index is 14.5. The number of para-hydroxylation sites is 2. The van der Waals surface area contributed by atoms with Gasteiger partial charge in [0.1, 0.15) is 23.1 Å². The van der Waals surface area contributed by atoms with Gasteiger partial charge in [-0.25, -0.2) is 8.78 Å². The molecule has 0 radical (unpaired) electrons. The van der Waals surface area contributed by atoms with Crippen molar-refractivity contribution in [2.24, 2.45) is 0 Å².